The van der Waals surface area contributed by atoms with Gasteiger partial charge in [0.05, 0.1) is 26.9 Å². The lowest BCUT2D eigenvalue weighted by Gasteiger charge is -2.15. The highest BCUT2D eigenvalue weighted by Gasteiger charge is 2.18. The zero-order valence-corrected chi connectivity index (χ0v) is 17.2. The zero-order valence-electron chi connectivity index (χ0n) is 15.7. The van der Waals surface area contributed by atoms with Crippen LogP contribution in [0.1, 0.15) is 0 Å². The van der Waals surface area contributed by atoms with E-state index in [4.69, 9.17) is 18.6 Å². The molecule has 0 atom stereocenters. The van der Waals surface area contributed by atoms with Crippen molar-refractivity contribution in [2.75, 3.05) is 21.3 Å². The van der Waals surface area contributed by atoms with Gasteiger partial charge in [0.1, 0.15) is 5.52 Å². The molecule has 3 aromatic carbocycles. The molecular weight excluding hydrogens is 422 g/mol. The SMILES string of the molecule is COc1ccc(-c2ccc3nc(-c4ccccc4Br)oc3c2)c(OC)c1OC. The molecule has 0 saturated heterocycles. The molecule has 4 rings (SSSR count). The third-order valence-corrected chi connectivity index (χ3v) is 5.20. The van der Waals surface area contributed by atoms with Crippen LogP contribution in [0.4, 0.5) is 0 Å². The molecule has 0 aliphatic heterocycles. The minimum atomic E-state index is 0.550. The van der Waals surface area contributed by atoms with Crippen molar-refractivity contribution in [2.24, 2.45) is 0 Å². The first-order valence-electron chi connectivity index (χ1n) is 8.61. The number of ether oxygens (including phenoxy) is 3. The molecule has 0 amide bonds. The van der Waals surface area contributed by atoms with E-state index in [0.717, 1.165) is 26.7 Å². The van der Waals surface area contributed by atoms with Gasteiger partial charge in [0.15, 0.2) is 17.1 Å². The van der Waals surface area contributed by atoms with Crippen molar-refractivity contribution in [3.8, 4) is 39.8 Å². The summed E-state index contributed by atoms with van der Waals surface area (Å²) in [6, 6.07) is 17.5. The Labute approximate surface area is 171 Å². The molecule has 0 unspecified atom stereocenters. The summed E-state index contributed by atoms with van der Waals surface area (Å²) in [5.41, 5.74) is 4.19. The van der Waals surface area contributed by atoms with Gasteiger partial charge in [-0.1, -0.05) is 18.2 Å². The monoisotopic (exact) mass is 439 g/mol. The Morgan fingerprint density at radius 3 is 2.32 bits per heavy atom. The van der Waals surface area contributed by atoms with Crippen LogP contribution in [0.15, 0.2) is 63.5 Å². The predicted octanol–water partition coefficient (Wildman–Crippen LogP) is 5.95. The summed E-state index contributed by atoms with van der Waals surface area (Å²) in [6.45, 7) is 0. The molecular formula is C22H18BrNO4. The van der Waals surface area contributed by atoms with Crippen LogP contribution in [0.3, 0.4) is 0 Å². The Bertz CT molecular complexity index is 1150. The first-order chi connectivity index (χ1) is 13.7. The second-order valence-corrected chi connectivity index (χ2v) is 6.92. The summed E-state index contributed by atoms with van der Waals surface area (Å²) in [4.78, 5) is 4.61. The molecule has 1 aromatic heterocycles. The van der Waals surface area contributed by atoms with Gasteiger partial charge in [-0.3, -0.25) is 0 Å². The maximum Gasteiger partial charge on any atom is 0.228 e. The van der Waals surface area contributed by atoms with E-state index in [1.807, 2.05) is 54.6 Å². The van der Waals surface area contributed by atoms with E-state index in [9.17, 15) is 0 Å². The van der Waals surface area contributed by atoms with Gasteiger partial charge in [-0.15, -0.1) is 0 Å². The number of oxazole rings is 1. The lowest BCUT2D eigenvalue weighted by atomic mass is 10.0. The molecule has 6 heteroatoms. The molecule has 1 heterocycles. The van der Waals surface area contributed by atoms with Crippen molar-refractivity contribution < 1.29 is 18.6 Å². The van der Waals surface area contributed by atoms with Gasteiger partial charge in [-0.25, -0.2) is 4.98 Å². The second-order valence-electron chi connectivity index (χ2n) is 6.06. The van der Waals surface area contributed by atoms with Crippen LogP contribution >= 0.6 is 15.9 Å². The lowest BCUT2D eigenvalue weighted by Crippen LogP contribution is -1.96. The highest BCUT2D eigenvalue weighted by atomic mass is 79.9. The topological polar surface area (TPSA) is 53.7 Å². The minimum absolute atomic E-state index is 0.550. The van der Waals surface area contributed by atoms with Crippen molar-refractivity contribution in [3.63, 3.8) is 0 Å². The van der Waals surface area contributed by atoms with Gasteiger partial charge in [0.2, 0.25) is 11.6 Å². The molecule has 0 radical (unpaired) electrons. The standard InChI is InChI=1S/C22H18BrNO4/c1-25-18-11-9-14(20(26-2)21(18)27-3)13-8-10-17-19(12-13)28-22(24-17)15-6-4-5-7-16(15)23/h4-12H,1-3H3. The van der Waals surface area contributed by atoms with Crippen LogP contribution < -0.4 is 14.2 Å². The first kappa shape index (κ1) is 18.4. The Kier molecular flexibility index (Phi) is 4.96. The fraction of sp³-hybridized carbons (Fsp3) is 0.136. The number of methoxy groups -OCH3 is 3. The van der Waals surface area contributed by atoms with Gasteiger partial charge in [-0.05, 0) is 57.9 Å². The molecule has 0 spiro atoms. The molecule has 5 nitrogen and oxygen atoms in total. The molecule has 28 heavy (non-hydrogen) atoms. The minimum Gasteiger partial charge on any atom is -0.493 e. The highest BCUT2D eigenvalue weighted by molar-refractivity contribution is 9.10. The molecule has 0 saturated carbocycles. The van der Waals surface area contributed by atoms with Crippen molar-refractivity contribution >= 4 is 27.0 Å². The number of fused-ring (bicyclic) bond motifs is 1. The summed E-state index contributed by atoms with van der Waals surface area (Å²) < 4.78 is 23.4. The van der Waals surface area contributed by atoms with Crippen LogP contribution in [-0.2, 0) is 0 Å². The fourth-order valence-corrected chi connectivity index (χ4v) is 3.62. The average Bonchev–Trinajstić information content (AvgIpc) is 3.15. The largest absolute Gasteiger partial charge is 0.493 e. The van der Waals surface area contributed by atoms with E-state index in [-0.39, 0.29) is 0 Å². The fourth-order valence-electron chi connectivity index (χ4n) is 3.17. The maximum atomic E-state index is 6.03. The number of nitrogens with zero attached hydrogens (tertiary/aromatic N) is 1. The maximum absolute atomic E-state index is 6.03. The summed E-state index contributed by atoms with van der Waals surface area (Å²) >= 11 is 3.55. The Balaban J connectivity index is 1.84. The van der Waals surface area contributed by atoms with Gasteiger partial charge < -0.3 is 18.6 Å². The quantitative estimate of drug-likeness (QED) is 0.384. The summed E-state index contributed by atoms with van der Waals surface area (Å²) in [5, 5.41) is 0. The number of rotatable bonds is 5. The number of benzene rings is 3. The van der Waals surface area contributed by atoms with Gasteiger partial charge >= 0.3 is 0 Å². The van der Waals surface area contributed by atoms with Gasteiger partial charge in [0, 0.05) is 10.0 Å². The summed E-state index contributed by atoms with van der Waals surface area (Å²) in [7, 11) is 4.80. The number of aromatic nitrogens is 1. The first-order valence-corrected chi connectivity index (χ1v) is 9.40. The van der Waals surface area contributed by atoms with E-state index in [0.29, 0.717) is 28.7 Å². The molecule has 0 aliphatic rings. The lowest BCUT2D eigenvalue weighted by molar-refractivity contribution is 0.325. The molecule has 0 bridgehead atoms. The van der Waals surface area contributed by atoms with E-state index in [1.54, 1.807) is 21.3 Å². The highest BCUT2D eigenvalue weighted by Crippen LogP contribution is 2.44. The van der Waals surface area contributed by atoms with E-state index in [2.05, 4.69) is 20.9 Å². The normalized spacial score (nSPS) is 10.9. The number of hydrogen-bond donors (Lipinski definition) is 0. The van der Waals surface area contributed by atoms with Crippen molar-refractivity contribution in [1.29, 1.82) is 0 Å². The van der Waals surface area contributed by atoms with E-state index >= 15 is 0 Å². The molecule has 0 aliphatic carbocycles. The van der Waals surface area contributed by atoms with Crippen molar-refractivity contribution in [1.82, 2.24) is 4.98 Å². The van der Waals surface area contributed by atoms with Crippen molar-refractivity contribution in [2.45, 2.75) is 0 Å². The van der Waals surface area contributed by atoms with Crippen molar-refractivity contribution in [3.05, 3.63) is 59.1 Å². The Morgan fingerprint density at radius 1 is 0.821 bits per heavy atom. The number of hydrogen-bond acceptors (Lipinski definition) is 5. The smallest absolute Gasteiger partial charge is 0.228 e. The van der Waals surface area contributed by atoms with Crippen LogP contribution in [0.2, 0.25) is 0 Å². The molecule has 4 aromatic rings. The molecule has 142 valence electrons. The van der Waals surface area contributed by atoms with Crippen LogP contribution in [-0.4, -0.2) is 26.3 Å². The Hall–Kier alpha value is -2.99. The Morgan fingerprint density at radius 2 is 1.61 bits per heavy atom. The third-order valence-electron chi connectivity index (χ3n) is 4.51. The summed E-state index contributed by atoms with van der Waals surface area (Å²) in [6.07, 6.45) is 0. The number of halogens is 1. The van der Waals surface area contributed by atoms with Crippen LogP contribution in [0.5, 0.6) is 17.2 Å². The zero-order chi connectivity index (χ0) is 19.7. The summed E-state index contributed by atoms with van der Waals surface area (Å²) in [5.74, 6) is 2.33. The molecule has 0 N–H and O–H groups in total. The van der Waals surface area contributed by atoms with E-state index in [1.165, 1.54) is 0 Å². The molecule has 0 fully saturated rings. The van der Waals surface area contributed by atoms with Crippen LogP contribution in [0, 0.1) is 0 Å². The average molecular weight is 440 g/mol. The van der Waals surface area contributed by atoms with Gasteiger partial charge in [0.25, 0.3) is 0 Å². The second kappa shape index (κ2) is 7.56. The van der Waals surface area contributed by atoms with E-state index < -0.39 is 0 Å². The van der Waals surface area contributed by atoms with Gasteiger partial charge in [-0.2, -0.15) is 0 Å². The van der Waals surface area contributed by atoms with Crippen LogP contribution in [0.25, 0.3) is 33.7 Å². The third kappa shape index (κ3) is 3.10. The predicted molar refractivity (Wildman–Crippen MR) is 112 cm³/mol.